The van der Waals surface area contributed by atoms with Crippen LogP contribution in [0.4, 0.5) is 10.7 Å². The van der Waals surface area contributed by atoms with Gasteiger partial charge in [0.15, 0.2) is 0 Å². The van der Waals surface area contributed by atoms with Gasteiger partial charge in [-0.15, -0.1) is 0 Å². The van der Waals surface area contributed by atoms with Crippen LogP contribution in [0.3, 0.4) is 0 Å². The first-order valence-electron chi connectivity index (χ1n) is 11.7. The zero-order chi connectivity index (χ0) is 23.1. The molecular weight excluding hydrogens is 414 g/mol. The molecular formula is C26H31N5O2. The highest BCUT2D eigenvalue weighted by Gasteiger charge is 2.80. The molecule has 0 radical (unpaired) electrons. The van der Waals surface area contributed by atoms with Gasteiger partial charge in [0.2, 0.25) is 5.95 Å². The lowest BCUT2D eigenvalue weighted by molar-refractivity contribution is -0.234. The number of carbonyl (C=O) groups excluding carboxylic acids is 1. The number of amides is 2. The van der Waals surface area contributed by atoms with Gasteiger partial charge in [0.25, 0.3) is 0 Å². The topological polar surface area (TPSA) is 62.6 Å². The van der Waals surface area contributed by atoms with Crippen LogP contribution in [0.1, 0.15) is 25.0 Å². The largest absolute Gasteiger partial charge is 0.497 e. The maximum absolute atomic E-state index is 13.6. The Hall–Kier alpha value is -3.06. The number of hydrogen-bond acceptors (Lipinski definition) is 4. The van der Waals surface area contributed by atoms with Crippen LogP contribution in [0.5, 0.6) is 5.75 Å². The average Bonchev–Trinajstić information content (AvgIpc) is 3.27. The van der Waals surface area contributed by atoms with E-state index in [0.717, 1.165) is 36.3 Å². The van der Waals surface area contributed by atoms with Gasteiger partial charge < -0.3 is 19.1 Å². The number of aryl methyl sites for hydroxylation is 1. The number of benzene rings is 2. The number of urea groups is 1. The van der Waals surface area contributed by atoms with Crippen LogP contribution in [0.15, 0.2) is 42.5 Å². The lowest BCUT2D eigenvalue weighted by Crippen LogP contribution is -2.89. The predicted octanol–water partition coefficient (Wildman–Crippen LogP) is 3.73. The van der Waals surface area contributed by atoms with Gasteiger partial charge in [-0.1, -0.05) is 25.1 Å². The molecule has 2 amide bonds. The summed E-state index contributed by atoms with van der Waals surface area (Å²) in [5.41, 5.74) is 4.72. The van der Waals surface area contributed by atoms with Crippen LogP contribution in [-0.2, 0) is 18.4 Å². The normalized spacial score (nSPS) is 29.5. The van der Waals surface area contributed by atoms with E-state index in [-0.39, 0.29) is 22.9 Å². The number of anilines is 1. The van der Waals surface area contributed by atoms with E-state index in [2.05, 4.69) is 53.9 Å². The second-order valence-electron chi connectivity index (χ2n) is 10.1. The number of ether oxygens (including phenoxy) is 1. The number of fused-ring (bicyclic) bond motifs is 3. The third-order valence-corrected chi connectivity index (χ3v) is 8.81. The zero-order valence-corrected chi connectivity index (χ0v) is 19.9. The molecule has 4 atom stereocenters. The van der Waals surface area contributed by atoms with Crippen LogP contribution in [0.25, 0.3) is 11.0 Å². The highest BCUT2D eigenvalue weighted by Crippen LogP contribution is 2.71. The second-order valence-corrected chi connectivity index (χ2v) is 10.1. The Kier molecular flexibility index (Phi) is 4.19. The fourth-order valence-electron chi connectivity index (χ4n) is 7.31. The van der Waals surface area contributed by atoms with Crippen molar-refractivity contribution in [1.82, 2.24) is 19.4 Å². The number of rotatable bonds is 4. The summed E-state index contributed by atoms with van der Waals surface area (Å²) >= 11 is 0. The Bertz CT molecular complexity index is 1280. The summed E-state index contributed by atoms with van der Waals surface area (Å²) in [6.07, 6.45) is 1.06. The first-order chi connectivity index (χ1) is 15.9. The van der Waals surface area contributed by atoms with E-state index >= 15 is 0 Å². The zero-order valence-electron chi connectivity index (χ0n) is 19.9. The van der Waals surface area contributed by atoms with Gasteiger partial charge in [-0.2, -0.15) is 0 Å². The van der Waals surface area contributed by atoms with Gasteiger partial charge in [0.05, 0.1) is 24.2 Å². The monoisotopic (exact) mass is 445 g/mol. The van der Waals surface area contributed by atoms with E-state index in [1.807, 2.05) is 36.2 Å². The maximum Gasteiger partial charge on any atom is 0.324 e. The van der Waals surface area contributed by atoms with Gasteiger partial charge >= 0.3 is 6.03 Å². The number of methoxy groups -OCH3 is 1. The van der Waals surface area contributed by atoms with E-state index in [9.17, 15) is 4.79 Å². The van der Waals surface area contributed by atoms with E-state index in [4.69, 9.17) is 9.72 Å². The van der Waals surface area contributed by atoms with Gasteiger partial charge in [0, 0.05) is 37.0 Å². The predicted molar refractivity (Wildman–Crippen MR) is 129 cm³/mol. The van der Waals surface area contributed by atoms with E-state index < -0.39 is 0 Å². The van der Waals surface area contributed by atoms with Gasteiger partial charge in [-0.05, 0) is 55.8 Å². The molecule has 1 aliphatic heterocycles. The Morgan fingerprint density at radius 1 is 1.30 bits per heavy atom. The third kappa shape index (κ3) is 2.38. The minimum atomic E-state index is -0.114. The summed E-state index contributed by atoms with van der Waals surface area (Å²) in [7, 11) is 5.82. The fourth-order valence-corrected chi connectivity index (χ4v) is 7.31. The Morgan fingerprint density at radius 3 is 2.82 bits per heavy atom. The van der Waals surface area contributed by atoms with Crippen molar-refractivity contribution in [2.24, 2.45) is 5.41 Å². The van der Waals surface area contributed by atoms with Crippen molar-refractivity contribution in [3.05, 3.63) is 53.6 Å². The summed E-state index contributed by atoms with van der Waals surface area (Å²) in [4.78, 5) is 22.6. The number of hydrogen-bond donors (Lipinski definition) is 1. The molecule has 7 heteroatoms. The molecule has 2 heterocycles. The summed E-state index contributed by atoms with van der Waals surface area (Å²) < 4.78 is 7.61. The first kappa shape index (κ1) is 20.5. The Morgan fingerprint density at radius 2 is 2.09 bits per heavy atom. The minimum Gasteiger partial charge on any atom is -0.497 e. The highest BCUT2D eigenvalue weighted by molar-refractivity contribution is 5.91. The van der Waals surface area contributed by atoms with Gasteiger partial charge in [0.1, 0.15) is 5.75 Å². The van der Waals surface area contributed by atoms with Gasteiger partial charge in [-0.3, -0.25) is 5.32 Å². The molecule has 0 bridgehead atoms. The van der Waals surface area contributed by atoms with Crippen molar-refractivity contribution in [3.63, 3.8) is 0 Å². The van der Waals surface area contributed by atoms with Crippen molar-refractivity contribution in [1.29, 1.82) is 0 Å². The number of nitrogens with zero attached hydrogens (tertiary/aromatic N) is 4. The molecule has 33 heavy (non-hydrogen) atoms. The van der Waals surface area contributed by atoms with E-state index in [0.29, 0.717) is 12.0 Å². The number of nitrogens with one attached hydrogen (secondary N) is 1. The molecule has 1 saturated heterocycles. The van der Waals surface area contributed by atoms with E-state index in [1.165, 1.54) is 11.1 Å². The molecule has 3 aromatic rings. The molecule has 2 aromatic carbocycles. The quantitative estimate of drug-likeness (QED) is 0.665. The van der Waals surface area contributed by atoms with Crippen LogP contribution >= 0.6 is 0 Å². The molecule has 1 N–H and O–H groups in total. The number of carbonyl (C=O) groups is 1. The van der Waals surface area contributed by atoms with Crippen molar-refractivity contribution in [2.75, 3.05) is 33.1 Å². The highest BCUT2D eigenvalue weighted by atomic mass is 16.5. The fraction of sp³-hybridized carbons (Fsp3) is 0.462. The molecule has 2 aliphatic carbocycles. The van der Waals surface area contributed by atoms with Crippen LogP contribution < -0.4 is 10.1 Å². The Balaban J connectivity index is 1.34. The van der Waals surface area contributed by atoms with Crippen LogP contribution in [-0.4, -0.2) is 65.2 Å². The molecule has 172 valence electrons. The summed E-state index contributed by atoms with van der Waals surface area (Å²) in [5.74, 6) is 1.48. The average molecular weight is 446 g/mol. The second kappa shape index (κ2) is 6.73. The number of imidazole rings is 1. The maximum atomic E-state index is 13.6. The SMILES string of the molecule is CCn1c(NC(=O)N(C)C2C3N(C)CC34Cc3ccc(OC)cc3C24C)nc2ccccc21. The Labute approximate surface area is 194 Å². The molecule has 7 nitrogen and oxygen atoms in total. The van der Waals surface area contributed by atoms with Crippen molar-refractivity contribution >= 4 is 23.0 Å². The van der Waals surface area contributed by atoms with Crippen molar-refractivity contribution in [3.8, 4) is 5.75 Å². The molecule has 3 aliphatic rings. The lowest BCUT2D eigenvalue weighted by atomic mass is 9.39. The van der Waals surface area contributed by atoms with Gasteiger partial charge in [-0.25, -0.2) is 9.78 Å². The number of aromatic nitrogens is 2. The summed E-state index contributed by atoms with van der Waals surface area (Å²) in [6.45, 7) is 6.21. The number of likely N-dealkylation sites (tertiary alicyclic amines) is 1. The molecule has 1 aromatic heterocycles. The molecule has 1 spiro atoms. The third-order valence-electron chi connectivity index (χ3n) is 8.81. The van der Waals surface area contributed by atoms with Crippen LogP contribution in [0.2, 0.25) is 0 Å². The van der Waals surface area contributed by atoms with Crippen LogP contribution in [0, 0.1) is 5.41 Å². The van der Waals surface area contributed by atoms with E-state index in [1.54, 1.807) is 7.11 Å². The molecule has 4 unspecified atom stereocenters. The summed E-state index contributed by atoms with van der Waals surface area (Å²) in [5, 5.41) is 3.11. The van der Waals surface area contributed by atoms with Crippen molar-refractivity contribution < 1.29 is 9.53 Å². The standard InChI is InChI=1S/C26H31N5O2/c1-6-31-20-10-8-7-9-19(20)27-23(31)28-24(32)30(4)21-22-26(15-29(22)3)14-16-11-12-17(33-5)13-18(16)25(21,26)2/h7-13,21-22H,6,14-15H2,1-5H3,(H,27,28,32). The first-order valence-corrected chi connectivity index (χ1v) is 11.7. The number of para-hydroxylation sites is 2. The number of piperidine rings is 1. The molecule has 1 saturated carbocycles. The summed E-state index contributed by atoms with van der Waals surface area (Å²) in [6, 6.07) is 14.8. The van der Waals surface area contributed by atoms with Crippen molar-refractivity contribution in [2.45, 2.75) is 44.3 Å². The minimum absolute atomic E-state index is 0.0732. The molecule has 6 rings (SSSR count). The molecule has 2 fully saturated rings. The lowest BCUT2D eigenvalue weighted by Gasteiger charge is -2.77. The smallest absolute Gasteiger partial charge is 0.324 e. The number of likely N-dealkylation sites (N-methyl/N-ethyl adjacent to an activating group) is 2.